The van der Waals surface area contributed by atoms with E-state index in [1.807, 2.05) is 26.0 Å². The first kappa shape index (κ1) is 16.8. The van der Waals surface area contributed by atoms with E-state index in [2.05, 4.69) is 4.74 Å². The van der Waals surface area contributed by atoms with Crippen LogP contribution in [0.15, 0.2) is 12.1 Å². The molecule has 0 bridgehead atoms. The van der Waals surface area contributed by atoms with Gasteiger partial charge < -0.3 is 15.2 Å². The van der Waals surface area contributed by atoms with Crippen LogP contribution in [0.25, 0.3) is 0 Å². The number of hydrogen-bond acceptors (Lipinski definition) is 3. The van der Waals surface area contributed by atoms with Gasteiger partial charge in [-0.1, -0.05) is 6.07 Å². The van der Waals surface area contributed by atoms with Crippen LogP contribution >= 0.6 is 0 Å². The first-order valence-corrected chi connectivity index (χ1v) is 6.30. The third kappa shape index (κ3) is 5.02. The molecule has 0 amide bonds. The summed E-state index contributed by atoms with van der Waals surface area (Å²) in [5.41, 5.74) is 8.80. The first-order chi connectivity index (χ1) is 9.24. The number of alkyl halides is 3. The molecule has 6 heteroatoms. The Morgan fingerprint density at radius 3 is 2.40 bits per heavy atom. The highest BCUT2D eigenvalue weighted by molar-refractivity contribution is 5.42. The molecule has 0 heterocycles. The van der Waals surface area contributed by atoms with Gasteiger partial charge in [0.2, 0.25) is 0 Å². The quantitative estimate of drug-likeness (QED) is 0.818. The van der Waals surface area contributed by atoms with Gasteiger partial charge in [-0.15, -0.1) is 0 Å². The number of halogens is 3. The smallest absolute Gasteiger partial charge is 0.411 e. The zero-order valence-electron chi connectivity index (χ0n) is 11.9. The van der Waals surface area contributed by atoms with Gasteiger partial charge >= 0.3 is 6.18 Å². The minimum atomic E-state index is -4.29. The van der Waals surface area contributed by atoms with Crippen LogP contribution in [-0.4, -0.2) is 26.5 Å². The molecule has 0 spiro atoms. The highest BCUT2D eigenvalue weighted by Gasteiger charge is 2.27. The summed E-state index contributed by atoms with van der Waals surface area (Å²) >= 11 is 0. The predicted molar refractivity (Wildman–Crippen MR) is 70.9 cm³/mol. The molecule has 20 heavy (non-hydrogen) atoms. The van der Waals surface area contributed by atoms with Crippen molar-refractivity contribution in [3.05, 3.63) is 28.8 Å². The second-order valence-corrected chi connectivity index (χ2v) is 4.74. The molecule has 1 rings (SSSR count). The van der Waals surface area contributed by atoms with Crippen molar-refractivity contribution in [3.63, 3.8) is 0 Å². The summed E-state index contributed by atoms with van der Waals surface area (Å²) in [6, 6.07) is 3.43. The molecule has 0 aliphatic rings. The van der Waals surface area contributed by atoms with E-state index in [0.717, 1.165) is 22.4 Å². The van der Waals surface area contributed by atoms with Crippen LogP contribution in [0.4, 0.5) is 13.2 Å². The average Bonchev–Trinajstić information content (AvgIpc) is 2.35. The SMILES string of the molecule is COc1cc(C)c(C(N)CCOCC(F)(F)F)cc1C. The molecule has 0 aromatic heterocycles. The second kappa shape index (κ2) is 6.95. The molecule has 2 N–H and O–H groups in total. The van der Waals surface area contributed by atoms with Crippen molar-refractivity contribution in [1.29, 1.82) is 0 Å². The molecular weight excluding hydrogens is 271 g/mol. The standard InChI is InChI=1S/C14H20F3NO2/c1-9-7-13(19-3)10(2)6-11(9)12(18)4-5-20-8-14(15,16)17/h6-7,12H,4-5,8,18H2,1-3H3. The number of rotatable bonds is 6. The van der Waals surface area contributed by atoms with E-state index in [1.54, 1.807) is 7.11 Å². The largest absolute Gasteiger partial charge is 0.496 e. The number of hydrogen-bond donors (Lipinski definition) is 1. The summed E-state index contributed by atoms with van der Waals surface area (Å²) in [4.78, 5) is 0. The maximum atomic E-state index is 11.9. The van der Waals surface area contributed by atoms with Crippen molar-refractivity contribution in [3.8, 4) is 5.75 Å². The molecular formula is C14H20F3NO2. The molecule has 0 fully saturated rings. The number of ether oxygens (including phenoxy) is 2. The highest BCUT2D eigenvalue weighted by Crippen LogP contribution is 2.27. The second-order valence-electron chi connectivity index (χ2n) is 4.74. The number of benzene rings is 1. The molecule has 0 aliphatic heterocycles. The van der Waals surface area contributed by atoms with Crippen molar-refractivity contribution in [1.82, 2.24) is 0 Å². The van der Waals surface area contributed by atoms with Crippen LogP contribution in [0, 0.1) is 13.8 Å². The minimum absolute atomic E-state index is 0.0226. The molecule has 0 saturated carbocycles. The van der Waals surface area contributed by atoms with Gasteiger partial charge in [-0.25, -0.2) is 0 Å². The molecule has 0 radical (unpaired) electrons. The summed E-state index contributed by atoms with van der Waals surface area (Å²) in [5.74, 6) is 0.770. The number of aryl methyl sites for hydroxylation is 2. The van der Waals surface area contributed by atoms with Crippen molar-refractivity contribution in [2.45, 2.75) is 32.5 Å². The van der Waals surface area contributed by atoms with Crippen LogP contribution in [-0.2, 0) is 4.74 Å². The van der Waals surface area contributed by atoms with Crippen molar-refractivity contribution in [2.24, 2.45) is 5.73 Å². The number of nitrogens with two attached hydrogens (primary N) is 1. The molecule has 1 atom stereocenters. The molecule has 1 aromatic carbocycles. The average molecular weight is 291 g/mol. The first-order valence-electron chi connectivity index (χ1n) is 6.30. The Morgan fingerprint density at radius 2 is 1.85 bits per heavy atom. The molecule has 0 saturated heterocycles. The number of methoxy groups -OCH3 is 1. The van der Waals surface area contributed by atoms with Crippen LogP contribution in [0.1, 0.15) is 29.2 Å². The van der Waals surface area contributed by atoms with E-state index in [9.17, 15) is 13.2 Å². The zero-order chi connectivity index (χ0) is 15.3. The Morgan fingerprint density at radius 1 is 1.20 bits per heavy atom. The zero-order valence-corrected chi connectivity index (χ0v) is 11.9. The van der Waals surface area contributed by atoms with Gasteiger partial charge in [0.25, 0.3) is 0 Å². The van der Waals surface area contributed by atoms with Crippen molar-refractivity contribution >= 4 is 0 Å². The van der Waals surface area contributed by atoms with Crippen molar-refractivity contribution < 1.29 is 22.6 Å². The fourth-order valence-corrected chi connectivity index (χ4v) is 1.99. The Labute approximate surface area is 116 Å². The maximum absolute atomic E-state index is 11.9. The van der Waals surface area contributed by atoms with Gasteiger partial charge in [-0.2, -0.15) is 13.2 Å². The van der Waals surface area contributed by atoms with Gasteiger partial charge in [0.1, 0.15) is 12.4 Å². The fourth-order valence-electron chi connectivity index (χ4n) is 1.99. The third-order valence-corrected chi connectivity index (χ3v) is 3.02. The van der Waals surface area contributed by atoms with Crippen LogP contribution < -0.4 is 10.5 Å². The summed E-state index contributed by atoms with van der Waals surface area (Å²) in [5, 5.41) is 0. The lowest BCUT2D eigenvalue weighted by atomic mass is 9.97. The maximum Gasteiger partial charge on any atom is 0.411 e. The topological polar surface area (TPSA) is 44.5 Å². The molecule has 114 valence electrons. The van der Waals surface area contributed by atoms with Crippen LogP contribution in [0.5, 0.6) is 5.75 Å². The highest BCUT2D eigenvalue weighted by atomic mass is 19.4. The monoisotopic (exact) mass is 291 g/mol. The third-order valence-electron chi connectivity index (χ3n) is 3.02. The Balaban J connectivity index is 2.59. The van der Waals surface area contributed by atoms with E-state index in [-0.39, 0.29) is 12.6 Å². The summed E-state index contributed by atoms with van der Waals surface area (Å²) in [7, 11) is 1.59. The van der Waals surface area contributed by atoms with E-state index in [1.165, 1.54) is 0 Å². The molecule has 1 unspecified atom stereocenters. The fraction of sp³-hybridized carbons (Fsp3) is 0.571. The Bertz CT molecular complexity index is 447. The molecule has 3 nitrogen and oxygen atoms in total. The lowest BCUT2D eigenvalue weighted by Gasteiger charge is -2.17. The van der Waals surface area contributed by atoms with E-state index in [0.29, 0.717) is 6.42 Å². The van der Waals surface area contributed by atoms with Crippen molar-refractivity contribution in [2.75, 3.05) is 20.3 Å². The van der Waals surface area contributed by atoms with Crippen LogP contribution in [0.2, 0.25) is 0 Å². The lowest BCUT2D eigenvalue weighted by Crippen LogP contribution is -2.20. The van der Waals surface area contributed by atoms with Gasteiger partial charge in [0.15, 0.2) is 0 Å². The molecule has 0 aliphatic carbocycles. The van der Waals surface area contributed by atoms with Gasteiger partial charge in [-0.3, -0.25) is 0 Å². The lowest BCUT2D eigenvalue weighted by molar-refractivity contribution is -0.174. The minimum Gasteiger partial charge on any atom is -0.496 e. The summed E-state index contributed by atoms with van der Waals surface area (Å²) < 4.78 is 45.6. The Kier molecular flexibility index (Phi) is 5.83. The predicted octanol–water partition coefficient (Wildman–Crippen LogP) is 3.28. The summed E-state index contributed by atoms with van der Waals surface area (Å²) in [6.07, 6.45) is -3.96. The van der Waals surface area contributed by atoms with Gasteiger partial charge in [0, 0.05) is 12.6 Å². The van der Waals surface area contributed by atoms with E-state index >= 15 is 0 Å². The molecule has 1 aromatic rings. The Hall–Kier alpha value is -1.27. The van der Waals surface area contributed by atoms with Crippen LogP contribution in [0.3, 0.4) is 0 Å². The normalized spacial score (nSPS) is 13.3. The van der Waals surface area contributed by atoms with Gasteiger partial charge in [-0.05, 0) is 43.0 Å². The van der Waals surface area contributed by atoms with E-state index < -0.39 is 12.8 Å². The summed E-state index contributed by atoms with van der Waals surface area (Å²) in [6.45, 7) is 2.54. The van der Waals surface area contributed by atoms with Gasteiger partial charge in [0.05, 0.1) is 7.11 Å². The van der Waals surface area contributed by atoms with E-state index in [4.69, 9.17) is 10.5 Å².